The summed E-state index contributed by atoms with van der Waals surface area (Å²) in [5.74, 6) is 0.781. The molecular formula is C12H14O2. The molecule has 0 bridgehead atoms. The van der Waals surface area contributed by atoms with Crippen molar-refractivity contribution in [3.8, 4) is 5.75 Å². The Morgan fingerprint density at radius 3 is 2.57 bits per heavy atom. The Morgan fingerprint density at radius 1 is 1.36 bits per heavy atom. The van der Waals surface area contributed by atoms with Gasteiger partial charge in [-0.3, -0.25) is 4.79 Å². The first kappa shape index (κ1) is 10.5. The van der Waals surface area contributed by atoms with Crippen LogP contribution in [0.1, 0.15) is 13.3 Å². The number of para-hydroxylation sites is 1. The van der Waals surface area contributed by atoms with Crippen LogP contribution in [0.3, 0.4) is 0 Å². The molecule has 0 heterocycles. The molecule has 0 aromatic heterocycles. The van der Waals surface area contributed by atoms with Gasteiger partial charge in [0, 0.05) is 6.42 Å². The Balaban J connectivity index is 2.34. The molecule has 2 heteroatoms. The topological polar surface area (TPSA) is 26.3 Å². The number of benzene rings is 1. The average Bonchev–Trinajstić information content (AvgIpc) is 2.15. The third kappa shape index (κ3) is 3.90. The second-order valence-electron chi connectivity index (χ2n) is 3.27. The summed E-state index contributed by atoms with van der Waals surface area (Å²) >= 11 is 0. The predicted octanol–water partition coefficient (Wildman–Crippen LogP) is 2.60. The van der Waals surface area contributed by atoms with Crippen LogP contribution in [-0.2, 0) is 4.79 Å². The van der Waals surface area contributed by atoms with E-state index < -0.39 is 0 Å². The lowest BCUT2D eigenvalue weighted by molar-refractivity contribution is -0.120. The van der Waals surface area contributed by atoms with E-state index in [2.05, 4.69) is 6.58 Å². The molecule has 0 saturated carbocycles. The summed E-state index contributed by atoms with van der Waals surface area (Å²) in [6.45, 7) is 5.63. The minimum absolute atomic E-state index is 0.0568. The Bertz CT molecular complexity index is 314. The largest absolute Gasteiger partial charge is 0.486 e. The van der Waals surface area contributed by atoms with Crippen LogP contribution >= 0.6 is 0 Å². The van der Waals surface area contributed by atoms with Gasteiger partial charge in [0.25, 0.3) is 0 Å². The highest BCUT2D eigenvalue weighted by atomic mass is 16.5. The fraction of sp³-hybridized carbons (Fsp3) is 0.250. The molecule has 0 atom stereocenters. The third-order valence-corrected chi connectivity index (χ3v) is 1.64. The number of hydrogen-bond acceptors (Lipinski definition) is 2. The molecule has 0 radical (unpaired) electrons. The number of Topliss-reactive ketones (excluding diaryl/α,β-unsaturated/α-hetero) is 1. The number of carbonyl (C=O) groups is 1. The molecule has 0 fully saturated rings. The number of ether oxygens (including phenoxy) is 1. The summed E-state index contributed by atoms with van der Waals surface area (Å²) < 4.78 is 5.28. The van der Waals surface area contributed by atoms with Crippen LogP contribution in [0, 0.1) is 0 Å². The first-order chi connectivity index (χ1) is 6.68. The molecule has 1 aromatic carbocycles. The Hall–Kier alpha value is -1.57. The molecule has 0 unspecified atom stereocenters. The molecule has 0 amide bonds. The number of allylic oxidation sites excluding steroid dienone is 1. The highest BCUT2D eigenvalue weighted by Gasteiger charge is 2.02. The normalized spacial score (nSPS) is 9.50. The van der Waals surface area contributed by atoms with E-state index >= 15 is 0 Å². The van der Waals surface area contributed by atoms with Crippen molar-refractivity contribution in [1.29, 1.82) is 0 Å². The predicted molar refractivity (Wildman–Crippen MR) is 56.4 cm³/mol. The van der Waals surface area contributed by atoms with Crippen molar-refractivity contribution < 1.29 is 9.53 Å². The van der Waals surface area contributed by atoms with Gasteiger partial charge in [-0.1, -0.05) is 30.4 Å². The van der Waals surface area contributed by atoms with E-state index in [1.807, 2.05) is 37.3 Å². The van der Waals surface area contributed by atoms with Gasteiger partial charge in [0.15, 0.2) is 5.78 Å². The van der Waals surface area contributed by atoms with E-state index in [0.29, 0.717) is 6.42 Å². The number of carbonyl (C=O) groups excluding carboxylic acids is 1. The lowest BCUT2D eigenvalue weighted by Gasteiger charge is -2.04. The van der Waals surface area contributed by atoms with Crippen LogP contribution in [-0.4, -0.2) is 12.4 Å². The standard InChI is InChI=1S/C12H14O2/c1-10(2)8-11(13)9-14-12-6-4-3-5-7-12/h3-7H,1,8-9H2,2H3. The first-order valence-electron chi connectivity index (χ1n) is 4.52. The van der Waals surface area contributed by atoms with E-state index in [-0.39, 0.29) is 12.4 Å². The van der Waals surface area contributed by atoms with Crippen LogP contribution in [0.15, 0.2) is 42.5 Å². The minimum atomic E-state index is 0.0568. The zero-order chi connectivity index (χ0) is 10.4. The third-order valence-electron chi connectivity index (χ3n) is 1.64. The molecule has 0 aliphatic heterocycles. The van der Waals surface area contributed by atoms with Crippen molar-refractivity contribution in [2.45, 2.75) is 13.3 Å². The zero-order valence-electron chi connectivity index (χ0n) is 8.32. The van der Waals surface area contributed by atoms with Gasteiger partial charge in [-0.15, -0.1) is 0 Å². The first-order valence-corrected chi connectivity index (χ1v) is 4.52. The van der Waals surface area contributed by atoms with Gasteiger partial charge in [0.1, 0.15) is 12.4 Å². The molecule has 1 rings (SSSR count). The van der Waals surface area contributed by atoms with E-state index in [4.69, 9.17) is 4.74 Å². The fourth-order valence-corrected chi connectivity index (χ4v) is 1.07. The maximum atomic E-state index is 11.2. The summed E-state index contributed by atoms with van der Waals surface area (Å²) in [4.78, 5) is 11.2. The van der Waals surface area contributed by atoms with Gasteiger partial charge in [-0.05, 0) is 19.1 Å². The molecule has 2 nitrogen and oxygen atoms in total. The maximum absolute atomic E-state index is 11.2. The minimum Gasteiger partial charge on any atom is -0.486 e. The molecule has 74 valence electrons. The maximum Gasteiger partial charge on any atom is 0.174 e. The van der Waals surface area contributed by atoms with E-state index in [1.54, 1.807) is 0 Å². The zero-order valence-corrected chi connectivity index (χ0v) is 8.32. The van der Waals surface area contributed by atoms with Gasteiger partial charge in [-0.2, -0.15) is 0 Å². The van der Waals surface area contributed by atoms with Crippen LogP contribution in [0.4, 0.5) is 0 Å². The van der Waals surface area contributed by atoms with Crippen LogP contribution < -0.4 is 4.74 Å². The van der Waals surface area contributed by atoms with Crippen molar-refractivity contribution in [2.75, 3.05) is 6.61 Å². The van der Waals surface area contributed by atoms with E-state index in [1.165, 1.54) is 0 Å². The Morgan fingerprint density at radius 2 is 2.00 bits per heavy atom. The second-order valence-corrected chi connectivity index (χ2v) is 3.27. The summed E-state index contributed by atoms with van der Waals surface area (Å²) in [5, 5.41) is 0. The summed E-state index contributed by atoms with van der Waals surface area (Å²) in [7, 11) is 0. The number of hydrogen-bond donors (Lipinski definition) is 0. The SMILES string of the molecule is C=C(C)CC(=O)COc1ccccc1. The van der Waals surface area contributed by atoms with Gasteiger partial charge in [0.05, 0.1) is 0 Å². The van der Waals surface area contributed by atoms with E-state index in [9.17, 15) is 4.79 Å². The second kappa shape index (κ2) is 5.22. The lowest BCUT2D eigenvalue weighted by atomic mass is 10.2. The van der Waals surface area contributed by atoms with Crippen molar-refractivity contribution >= 4 is 5.78 Å². The van der Waals surface area contributed by atoms with Crippen molar-refractivity contribution in [1.82, 2.24) is 0 Å². The molecule has 0 spiro atoms. The van der Waals surface area contributed by atoms with Crippen molar-refractivity contribution in [3.63, 3.8) is 0 Å². The van der Waals surface area contributed by atoms with Crippen LogP contribution in [0.2, 0.25) is 0 Å². The summed E-state index contributed by atoms with van der Waals surface area (Å²) in [5.41, 5.74) is 0.867. The van der Waals surface area contributed by atoms with Gasteiger partial charge < -0.3 is 4.74 Å². The molecule has 1 aromatic rings. The fourth-order valence-electron chi connectivity index (χ4n) is 1.07. The summed E-state index contributed by atoms with van der Waals surface area (Å²) in [6.07, 6.45) is 0.396. The molecule has 0 aliphatic carbocycles. The van der Waals surface area contributed by atoms with E-state index in [0.717, 1.165) is 11.3 Å². The van der Waals surface area contributed by atoms with Gasteiger partial charge >= 0.3 is 0 Å². The molecular weight excluding hydrogens is 176 g/mol. The Labute approximate surface area is 84.2 Å². The smallest absolute Gasteiger partial charge is 0.174 e. The molecule has 0 N–H and O–H groups in total. The highest BCUT2D eigenvalue weighted by Crippen LogP contribution is 2.08. The van der Waals surface area contributed by atoms with Crippen LogP contribution in [0.25, 0.3) is 0 Å². The van der Waals surface area contributed by atoms with Gasteiger partial charge in [0.2, 0.25) is 0 Å². The monoisotopic (exact) mass is 190 g/mol. The quantitative estimate of drug-likeness (QED) is 0.667. The molecule has 0 aliphatic rings. The molecule has 0 saturated heterocycles. The van der Waals surface area contributed by atoms with Crippen molar-refractivity contribution in [2.24, 2.45) is 0 Å². The number of rotatable bonds is 5. The molecule has 14 heavy (non-hydrogen) atoms. The summed E-state index contributed by atoms with van der Waals surface area (Å²) in [6, 6.07) is 9.31. The average molecular weight is 190 g/mol. The van der Waals surface area contributed by atoms with Gasteiger partial charge in [-0.25, -0.2) is 0 Å². The number of ketones is 1. The van der Waals surface area contributed by atoms with Crippen LogP contribution in [0.5, 0.6) is 5.75 Å². The van der Waals surface area contributed by atoms with Crippen molar-refractivity contribution in [3.05, 3.63) is 42.5 Å². The Kier molecular flexibility index (Phi) is 3.92. The highest BCUT2D eigenvalue weighted by molar-refractivity contribution is 5.82. The lowest BCUT2D eigenvalue weighted by Crippen LogP contribution is -2.10.